The van der Waals surface area contributed by atoms with Gasteiger partial charge in [-0.15, -0.1) is 0 Å². The van der Waals surface area contributed by atoms with Gasteiger partial charge in [-0.2, -0.15) is 0 Å². The van der Waals surface area contributed by atoms with Gasteiger partial charge in [-0.1, -0.05) is 29.8 Å². The largest absolute Gasteiger partial charge is 0.495 e. The number of nitrogens with one attached hydrogen (secondary N) is 3. The van der Waals surface area contributed by atoms with Gasteiger partial charge in [-0.3, -0.25) is 4.79 Å². The number of carbonyl (C=O) groups excluding carboxylic acids is 1. The van der Waals surface area contributed by atoms with Gasteiger partial charge >= 0.3 is 0 Å². The molecule has 0 saturated carbocycles. The first-order valence-corrected chi connectivity index (χ1v) is 13.6. The highest BCUT2D eigenvalue weighted by Gasteiger charge is 2.28. The molecule has 3 aromatic rings. The van der Waals surface area contributed by atoms with Crippen molar-refractivity contribution in [3.63, 3.8) is 0 Å². The van der Waals surface area contributed by atoms with Gasteiger partial charge in [0, 0.05) is 24.7 Å². The lowest BCUT2D eigenvalue weighted by Crippen LogP contribution is -2.52. The Bertz CT molecular complexity index is 1390. The van der Waals surface area contributed by atoms with Crippen molar-refractivity contribution < 1.29 is 23.7 Å². The van der Waals surface area contributed by atoms with Gasteiger partial charge in [-0.25, -0.2) is 15.0 Å². The lowest BCUT2D eigenvalue weighted by atomic mass is 10.0. The minimum absolute atomic E-state index is 0.0616. The molecule has 0 spiro atoms. The summed E-state index contributed by atoms with van der Waals surface area (Å²) < 4.78 is 22.1. The Morgan fingerprint density at radius 3 is 2.42 bits per heavy atom. The SMILES string of the molecule is C=CC(=O)N[C@H]1CCOC[C@H]1Nc1cc2c(NC3CCOC3)nc(-c3c(Cl)c(OC)cc(OC)c3Cl)nc2cn1. The minimum Gasteiger partial charge on any atom is -0.495 e. The van der Waals surface area contributed by atoms with Crippen molar-refractivity contribution in [1.82, 2.24) is 20.3 Å². The summed E-state index contributed by atoms with van der Waals surface area (Å²) in [6, 6.07) is 3.21. The second-order valence-corrected chi connectivity index (χ2v) is 10.2. The Morgan fingerprint density at radius 1 is 1.02 bits per heavy atom. The number of carbonyl (C=O) groups is 1. The van der Waals surface area contributed by atoms with Crippen molar-refractivity contribution in [3.8, 4) is 22.9 Å². The fourth-order valence-corrected chi connectivity index (χ4v) is 5.41. The van der Waals surface area contributed by atoms with E-state index in [9.17, 15) is 4.79 Å². The highest BCUT2D eigenvalue weighted by atomic mass is 35.5. The summed E-state index contributed by atoms with van der Waals surface area (Å²) in [5.74, 6) is 1.98. The van der Waals surface area contributed by atoms with Crippen LogP contribution in [0.4, 0.5) is 11.6 Å². The summed E-state index contributed by atoms with van der Waals surface area (Å²) in [6.45, 7) is 5.72. The van der Waals surface area contributed by atoms with E-state index in [1.165, 1.54) is 20.3 Å². The summed E-state index contributed by atoms with van der Waals surface area (Å²) in [6.07, 6.45) is 4.41. The van der Waals surface area contributed by atoms with Crippen LogP contribution in [0.3, 0.4) is 0 Å². The van der Waals surface area contributed by atoms with Crippen LogP contribution >= 0.6 is 23.2 Å². The van der Waals surface area contributed by atoms with Gasteiger partial charge in [0.2, 0.25) is 5.91 Å². The van der Waals surface area contributed by atoms with Crippen LogP contribution in [0.2, 0.25) is 10.0 Å². The first-order chi connectivity index (χ1) is 19.4. The summed E-state index contributed by atoms with van der Waals surface area (Å²) in [5, 5.41) is 11.1. The number of hydrogen-bond acceptors (Lipinski definition) is 10. The quantitative estimate of drug-likeness (QED) is 0.314. The van der Waals surface area contributed by atoms with E-state index in [0.717, 1.165) is 11.8 Å². The van der Waals surface area contributed by atoms with Gasteiger partial charge < -0.3 is 34.9 Å². The average Bonchev–Trinajstić information content (AvgIpc) is 3.47. The number of ether oxygens (including phenoxy) is 4. The zero-order valence-electron chi connectivity index (χ0n) is 22.1. The third-order valence-corrected chi connectivity index (χ3v) is 7.60. The maximum Gasteiger partial charge on any atom is 0.243 e. The van der Waals surface area contributed by atoms with Crippen molar-refractivity contribution in [3.05, 3.63) is 41.0 Å². The topological polar surface area (TPSA) is 129 Å². The molecule has 2 fully saturated rings. The molecule has 212 valence electrons. The number of rotatable bonds is 9. The lowest BCUT2D eigenvalue weighted by molar-refractivity contribution is -0.117. The molecule has 1 unspecified atom stereocenters. The predicted octanol–water partition coefficient (Wildman–Crippen LogP) is 4.09. The van der Waals surface area contributed by atoms with E-state index in [-0.39, 0.29) is 39.9 Å². The number of methoxy groups -OCH3 is 2. The number of pyridine rings is 1. The molecule has 13 heteroatoms. The molecule has 40 heavy (non-hydrogen) atoms. The van der Waals surface area contributed by atoms with E-state index >= 15 is 0 Å². The van der Waals surface area contributed by atoms with Crippen LogP contribution in [0.25, 0.3) is 22.3 Å². The number of halogens is 2. The van der Waals surface area contributed by atoms with Crippen LogP contribution in [0.5, 0.6) is 11.5 Å². The maximum atomic E-state index is 12.0. The van der Waals surface area contributed by atoms with Crippen molar-refractivity contribution in [1.29, 1.82) is 0 Å². The fourth-order valence-electron chi connectivity index (χ4n) is 4.74. The predicted molar refractivity (Wildman–Crippen MR) is 154 cm³/mol. The van der Waals surface area contributed by atoms with Crippen LogP contribution in [0.1, 0.15) is 12.8 Å². The van der Waals surface area contributed by atoms with E-state index in [4.69, 9.17) is 52.1 Å². The molecule has 4 heterocycles. The smallest absolute Gasteiger partial charge is 0.243 e. The van der Waals surface area contributed by atoms with Crippen molar-refractivity contribution in [2.24, 2.45) is 0 Å². The van der Waals surface area contributed by atoms with Crippen LogP contribution in [-0.2, 0) is 14.3 Å². The zero-order chi connectivity index (χ0) is 28.2. The maximum absolute atomic E-state index is 12.0. The Hall–Kier alpha value is -3.38. The monoisotopic (exact) mass is 588 g/mol. The molecule has 1 aromatic carbocycles. The first-order valence-electron chi connectivity index (χ1n) is 12.8. The summed E-state index contributed by atoms with van der Waals surface area (Å²) in [5.41, 5.74) is 0.955. The van der Waals surface area contributed by atoms with Crippen LogP contribution < -0.4 is 25.4 Å². The molecule has 0 aliphatic carbocycles. The highest BCUT2D eigenvalue weighted by Crippen LogP contribution is 2.45. The molecule has 0 radical (unpaired) electrons. The summed E-state index contributed by atoms with van der Waals surface area (Å²) >= 11 is 13.4. The number of fused-ring (bicyclic) bond motifs is 1. The van der Waals surface area contributed by atoms with Crippen molar-refractivity contribution >= 4 is 51.6 Å². The lowest BCUT2D eigenvalue weighted by Gasteiger charge is -2.32. The number of aromatic nitrogens is 3. The number of hydrogen-bond donors (Lipinski definition) is 3. The minimum atomic E-state index is -0.233. The standard InChI is InChI=1S/C27H30Cl2N6O5/c1-4-22(36)33-16-6-8-40-13-18(16)32-21-9-15-17(11-30-21)34-27(35-26(15)31-14-5-7-39-12-14)23-24(28)19(37-2)10-20(38-3)25(23)29/h4,9-11,14,16,18H,1,5-8,12-13H2,2-3H3,(H,30,32)(H,33,36)(H,31,34,35)/t14?,16-,18+/m0/s1. The van der Waals surface area contributed by atoms with E-state index in [2.05, 4.69) is 27.5 Å². The van der Waals surface area contributed by atoms with E-state index in [0.29, 0.717) is 67.1 Å². The summed E-state index contributed by atoms with van der Waals surface area (Å²) in [7, 11) is 3.02. The van der Waals surface area contributed by atoms with Gasteiger partial charge in [0.05, 0.1) is 72.9 Å². The van der Waals surface area contributed by atoms with E-state index < -0.39 is 0 Å². The molecule has 0 bridgehead atoms. The van der Waals surface area contributed by atoms with E-state index in [1.54, 1.807) is 12.3 Å². The van der Waals surface area contributed by atoms with Crippen molar-refractivity contribution in [2.75, 3.05) is 51.3 Å². The number of benzene rings is 1. The molecule has 5 rings (SSSR count). The van der Waals surface area contributed by atoms with Gasteiger partial charge in [0.25, 0.3) is 0 Å². The molecule has 2 saturated heterocycles. The Morgan fingerprint density at radius 2 is 1.75 bits per heavy atom. The average molecular weight is 589 g/mol. The van der Waals surface area contributed by atoms with Crippen LogP contribution in [0, 0.1) is 0 Å². The van der Waals surface area contributed by atoms with Gasteiger partial charge in [-0.05, 0) is 25.0 Å². The van der Waals surface area contributed by atoms with Gasteiger partial charge in [0.15, 0.2) is 5.82 Å². The Labute approximate surface area is 241 Å². The van der Waals surface area contributed by atoms with Gasteiger partial charge in [0.1, 0.15) is 23.1 Å². The third kappa shape index (κ3) is 5.87. The number of anilines is 2. The Balaban J connectivity index is 1.56. The molecule has 11 nitrogen and oxygen atoms in total. The summed E-state index contributed by atoms with van der Waals surface area (Å²) in [4.78, 5) is 26.2. The van der Waals surface area contributed by atoms with Crippen molar-refractivity contribution in [2.45, 2.75) is 31.0 Å². The zero-order valence-corrected chi connectivity index (χ0v) is 23.6. The normalized spacial score (nSPS) is 20.6. The molecule has 2 aromatic heterocycles. The molecular weight excluding hydrogens is 559 g/mol. The second kappa shape index (κ2) is 12.4. The molecule has 2 aliphatic heterocycles. The Kier molecular flexibility index (Phi) is 8.75. The molecule has 2 aliphatic rings. The second-order valence-electron chi connectivity index (χ2n) is 9.41. The molecule has 3 N–H and O–H groups in total. The van der Waals surface area contributed by atoms with Crippen LogP contribution in [-0.4, -0.2) is 79.6 Å². The fraction of sp³-hybridized carbons (Fsp3) is 0.407. The number of amides is 1. The number of nitrogens with zero attached hydrogens (tertiary/aromatic N) is 3. The molecular formula is C27H30Cl2N6O5. The first kappa shape index (κ1) is 28.2. The third-order valence-electron chi connectivity index (χ3n) is 6.85. The van der Waals surface area contributed by atoms with E-state index in [1.807, 2.05) is 6.07 Å². The highest BCUT2D eigenvalue weighted by molar-refractivity contribution is 6.41. The molecule has 1 amide bonds. The van der Waals surface area contributed by atoms with Crippen LogP contribution in [0.15, 0.2) is 31.0 Å². The molecule has 3 atom stereocenters.